The molecule has 1 N–H and O–H groups in total. The lowest BCUT2D eigenvalue weighted by molar-refractivity contribution is -0.142. The van der Waals surface area contributed by atoms with Gasteiger partial charge in [-0.3, -0.25) is 9.59 Å². The van der Waals surface area contributed by atoms with Crippen LogP contribution in [0.15, 0.2) is 53.2 Å². The zero-order valence-corrected chi connectivity index (χ0v) is 16.9. The number of rotatable bonds is 8. The van der Waals surface area contributed by atoms with Crippen LogP contribution in [0.3, 0.4) is 0 Å². The molecule has 0 radical (unpaired) electrons. The second-order valence-electron chi connectivity index (χ2n) is 7.00. The average Bonchev–Trinajstić information content (AvgIpc) is 3.43. The number of para-hydroxylation sites is 1. The Morgan fingerprint density at radius 1 is 1.16 bits per heavy atom. The van der Waals surface area contributed by atoms with E-state index in [2.05, 4.69) is 15.1 Å². The molecular formula is C23H20FN3O4. The molecule has 0 unspecified atom stereocenters. The predicted molar refractivity (Wildman–Crippen MR) is 111 cm³/mol. The number of esters is 1. The maximum absolute atomic E-state index is 13.0. The minimum Gasteiger partial charge on any atom is -0.457 e. The zero-order chi connectivity index (χ0) is 21.8. The highest BCUT2D eigenvalue weighted by Crippen LogP contribution is 2.23. The number of carbonyl (C=O) groups excluding carboxylic acids is 2. The number of ether oxygens (including phenoxy) is 1. The first-order valence-corrected chi connectivity index (χ1v) is 9.91. The van der Waals surface area contributed by atoms with E-state index in [1.807, 2.05) is 25.1 Å². The number of hydrogen-bond donors (Lipinski definition) is 1. The predicted octanol–water partition coefficient (Wildman–Crippen LogP) is 4.28. The molecule has 0 saturated carbocycles. The molecule has 8 heteroatoms. The van der Waals surface area contributed by atoms with Crippen molar-refractivity contribution in [3.05, 3.63) is 71.5 Å². The molecule has 0 fully saturated rings. The molecule has 0 atom stereocenters. The highest BCUT2D eigenvalue weighted by molar-refractivity contribution is 6.09. The normalized spacial score (nSPS) is 11.0. The molecular weight excluding hydrogens is 401 g/mol. The Labute approximate surface area is 177 Å². The largest absolute Gasteiger partial charge is 0.457 e. The maximum Gasteiger partial charge on any atom is 0.306 e. The summed E-state index contributed by atoms with van der Waals surface area (Å²) in [6.45, 7) is 1.71. The molecule has 2 heterocycles. The Bertz CT molecular complexity index is 1230. The molecule has 0 aliphatic rings. The Morgan fingerprint density at radius 2 is 1.97 bits per heavy atom. The van der Waals surface area contributed by atoms with Gasteiger partial charge in [-0.15, -0.1) is 0 Å². The van der Waals surface area contributed by atoms with Crippen LogP contribution in [0.4, 0.5) is 4.39 Å². The van der Waals surface area contributed by atoms with E-state index >= 15 is 0 Å². The van der Waals surface area contributed by atoms with Gasteiger partial charge in [-0.05, 0) is 36.2 Å². The second kappa shape index (κ2) is 8.91. The van der Waals surface area contributed by atoms with Gasteiger partial charge in [-0.25, -0.2) is 4.39 Å². The third-order valence-electron chi connectivity index (χ3n) is 4.96. The van der Waals surface area contributed by atoms with Crippen LogP contribution in [0, 0.1) is 5.82 Å². The van der Waals surface area contributed by atoms with E-state index in [0.29, 0.717) is 17.0 Å². The second-order valence-corrected chi connectivity index (χ2v) is 7.00. The van der Waals surface area contributed by atoms with Crippen molar-refractivity contribution >= 4 is 22.7 Å². The van der Waals surface area contributed by atoms with Crippen molar-refractivity contribution in [3.8, 4) is 11.4 Å². The standard InChI is InChI=1S/C23H20FN3O4/c1-2-14-4-3-5-17-18(12-25-22(14)17)19(28)13-30-21(29)11-10-20-26-23(27-31-20)15-6-8-16(24)9-7-15/h3-9,12,25H,2,10-11,13H2,1H3. The summed E-state index contributed by atoms with van der Waals surface area (Å²) in [5.74, 6) is -0.605. The summed E-state index contributed by atoms with van der Waals surface area (Å²) in [6, 6.07) is 11.5. The Kier molecular flexibility index (Phi) is 5.88. The number of nitrogens with zero attached hydrogens (tertiary/aromatic N) is 2. The van der Waals surface area contributed by atoms with Crippen molar-refractivity contribution in [3.63, 3.8) is 0 Å². The van der Waals surface area contributed by atoms with Gasteiger partial charge >= 0.3 is 5.97 Å². The number of hydrogen-bond acceptors (Lipinski definition) is 6. The number of ketones is 1. The van der Waals surface area contributed by atoms with E-state index in [1.165, 1.54) is 24.3 Å². The summed E-state index contributed by atoms with van der Waals surface area (Å²) in [5.41, 5.74) is 3.15. The van der Waals surface area contributed by atoms with Gasteiger partial charge in [0, 0.05) is 34.6 Å². The zero-order valence-electron chi connectivity index (χ0n) is 16.9. The van der Waals surface area contributed by atoms with Gasteiger partial charge in [0.05, 0.1) is 6.42 Å². The van der Waals surface area contributed by atoms with E-state index in [9.17, 15) is 14.0 Å². The SMILES string of the molecule is CCc1cccc2c(C(=O)COC(=O)CCc3nc(-c4ccc(F)cc4)no3)c[nH]c12. The third kappa shape index (κ3) is 4.53. The number of carbonyl (C=O) groups is 2. The van der Waals surface area contributed by atoms with Gasteiger partial charge in [0.2, 0.25) is 17.5 Å². The van der Waals surface area contributed by atoms with Crippen LogP contribution in [0.5, 0.6) is 0 Å². The van der Waals surface area contributed by atoms with E-state index in [1.54, 1.807) is 6.20 Å². The first kappa shape index (κ1) is 20.5. The van der Waals surface area contributed by atoms with E-state index < -0.39 is 5.97 Å². The van der Waals surface area contributed by atoms with E-state index in [-0.39, 0.29) is 36.9 Å². The molecule has 0 aliphatic heterocycles. The minimum absolute atomic E-state index is 0.00774. The highest BCUT2D eigenvalue weighted by Gasteiger charge is 2.16. The van der Waals surface area contributed by atoms with Crippen LogP contribution in [0.25, 0.3) is 22.3 Å². The first-order valence-electron chi connectivity index (χ1n) is 9.91. The summed E-state index contributed by atoms with van der Waals surface area (Å²) in [6.07, 6.45) is 2.66. The topological polar surface area (TPSA) is 98.1 Å². The lowest BCUT2D eigenvalue weighted by Crippen LogP contribution is -2.14. The van der Waals surface area contributed by atoms with Crippen molar-refractivity contribution in [2.75, 3.05) is 6.61 Å². The van der Waals surface area contributed by atoms with Crippen LogP contribution in [-0.2, 0) is 22.4 Å². The number of fused-ring (bicyclic) bond motifs is 1. The van der Waals surface area contributed by atoms with Gasteiger partial charge < -0.3 is 14.2 Å². The fourth-order valence-electron chi connectivity index (χ4n) is 3.32. The number of aromatic amines is 1. The molecule has 2 aromatic carbocycles. The van der Waals surface area contributed by atoms with Gasteiger partial charge in [0.25, 0.3) is 0 Å². The maximum atomic E-state index is 13.0. The van der Waals surface area contributed by atoms with Crippen molar-refractivity contribution in [1.82, 2.24) is 15.1 Å². The number of nitrogens with one attached hydrogen (secondary N) is 1. The number of Topliss-reactive ketones (excluding diaryl/α,β-unsaturated/α-hetero) is 1. The third-order valence-corrected chi connectivity index (χ3v) is 4.96. The molecule has 0 spiro atoms. The van der Waals surface area contributed by atoms with E-state index in [4.69, 9.17) is 9.26 Å². The number of aromatic nitrogens is 3. The average molecular weight is 421 g/mol. The smallest absolute Gasteiger partial charge is 0.306 e. The van der Waals surface area contributed by atoms with Gasteiger partial charge in [0.15, 0.2) is 6.61 Å². The summed E-state index contributed by atoms with van der Waals surface area (Å²) in [4.78, 5) is 31.9. The van der Waals surface area contributed by atoms with Crippen molar-refractivity contribution < 1.29 is 23.2 Å². The van der Waals surface area contributed by atoms with Crippen molar-refractivity contribution in [2.45, 2.75) is 26.2 Å². The molecule has 158 valence electrons. The monoisotopic (exact) mass is 421 g/mol. The van der Waals surface area contributed by atoms with Crippen LogP contribution < -0.4 is 0 Å². The molecule has 4 aromatic rings. The van der Waals surface area contributed by atoms with Gasteiger partial charge in [0.1, 0.15) is 5.82 Å². The molecule has 0 saturated heterocycles. The number of aryl methyl sites for hydroxylation is 2. The fourth-order valence-corrected chi connectivity index (χ4v) is 3.32. The molecule has 0 amide bonds. The summed E-state index contributed by atoms with van der Waals surface area (Å²) in [7, 11) is 0. The van der Waals surface area contributed by atoms with Crippen molar-refractivity contribution in [2.24, 2.45) is 0 Å². The Hall–Kier alpha value is -3.81. The van der Waals surface area contributed by atoms with Gasteiger partial charge in [-0.2, -0.15) is 4.98 Å². The minimum atomic E-state index is -0.538. The van der Waals surface area contributed by atoms with Crippen LogP contribution >= 0.6 is 0 Å². The van der Waals surface area contributed by atoms with Gasteiger partial charge in [-0.1, -0.05) is 30.3 Å². The van der Waals surface area contributed by atoms with E-state index in [0.717, 1.165) is 22.9 Å². The molecule has 0 bridgehead atoms. The highest BCUT2D eigenvalue weighted by atomic mass is 19.1. The number of H-pyrrole nitrogens is 1. The molecule has 0 aliphatic carbocycles. The molecule has 31 heavy (non-hydrogen) atoms. The summed E-state index contributed by atoms with van der Waals surface area (Å²) in [5, 5.41) is 4.65. The quantitative estimate of drug-likeness (QED) is 0.337. The lowest BCUT2D eigenvalue weighted by atomic mass is 10.1. The van der Waals surface area contributed by atoms with Crippen LogP contribution in [0.1, 0.15) is 35.2 Å². The Morgan fingerprint density at radius 3 is 2.74 bits per heavy atom. The summed E-state index contributed by atoms with van der Waals surface area (Å²) < 4.78 is 23.3. The molecule has 4 rings (SSSR count). The fraction of sp³-hybridized carbons (Fsp3) is 0.217. The lowest BCUT2D eigenvalue weighted by Gasteiger charge is -2.03. The summed E-state index contributed by atoms with van der Waals surface area (Å²) >= 11 is 0. The Balaban J connectivity index is 1.31. The number of benzene rings is 2. The van der Waals surface area contributed by atoms with Crippen LogP contribution in [-0.4, -0.2) is 33.5 Å². The first-order chi connectivity index (χ1) is 15.0. The molecule has 2 aromatic heterocycles. The van der Waals surface area contributed by atoms with Crippen molar-refractivity contribution in [1.29, 1.82) is 0 Å². The number of halogens is 1. The van der Waals surface area contributed by atoms with Crippen LogP contribution in [0.2, 0.25) is 0 Å². The molecule has 7 nitrogen and oxygen atoms in total.